The van der Waals surface area contributed by atoms with Crippen LogP contribution in [-0.2, 0) is 6.54 Å². The van der Waals surface area contributed by atoms with Gasteiger partial charge in [0.05, 0.1) is 5.69 Å². The van der Waals surface area contributed by atoms with Gasteiger partial charge in [0.25, 0.3) is 0 Å². The molecule has 2 aromatic heterocycles. The van der Waals surface area contributed by atoms with Gasteiger partial charge in [-0.3, -0.25) is 0 Å². The first kappa shape index (κ1) is 12.9. The molecule has 1 aromatic carbocycles. The summed E-state index contributed by atoms with van der Waals surface area (Å²) in [5, 5.41) is 3.49. The number of aromatic nitrogens is 2. The Labute approximate surface area is 119 Å². The van der Waals surface area contributed by atoms with Gasteiger partial charge in [-0.2, -0.15) is 0 Å². The molecule has 0 aliphatic heterocycles. The monoisotopic (exact) mass is 265 g/mol. The molecule has 20 heavy (non-hydrogen) atoms. The van der Waals surface area contributed by atoms with Gasteiger partial charge < -0.3 is 9.72 Å². The van der Waals surface area contributed by atoms with Crippen molar-refractivity contribution in [2.45, 2.75) is 19.4 Å². The number of nitrogens with zero attached hydrogens (tertiary/aromatic N) is 2. The highest BCUT2D eigenvalue weighted by Gasteiger charge is 2.05. The van der Waals surface area contributed by atoms with E-state index in [1.54, 1.807) is 0 Å². The van der Waals surface area contributed by atoms with Crippen LogP contribution >= 0.6 is 0 Å². The third kappa shape index (κ3) is 2.89. The largest absolute Gasteiger partial charge is 0.311 e. The number of rotatable bonds is 5. The van der Waals surface area contributed by atoms with E-state index >= 15 is 0 Å². The van der Waals surface area contributed by atoms with Gasteiger partial charge in [-0.15, -0.1) is 0 Å². The third-order valence-corrected chi connectivity index (χ3v) is 3.54. The fourth-order valence-corrected chi connectivity index (χ4v) is 2.39. The van der Waals surface area contributed by atoms with E-state index in [0.717, 1.165) is 24.4 Å². The summed E-state index contributed by atoms with van der Waals surface area (Å²) < 4.78 is 2.05. The first-order chi connectivity index (χ1) is 9.83. The summed E-state index contributed by atoms with van der Waals surface area (Å²) in [4.78, 5) is 4.58. The lowest BCUT2D eigenvalue weighted by atomic mass is 10.0. The summed E-state index contributed by atoms with van der Waals surface area (Å²) >= 11 is 0. The molecule has 0 saturated heterocycles. The molecule has 3 heteroatoms. The van der Waals surface area contributed by atoms with Crippen LogP contribution in [0, 0.1) is 0 Å². The molecule has 0 bridgehead atoms. The third-order valence-electron chi connectivity index (χ3n) is 3.54. The molecule has 1 N–H and O–H groups in total. The minimum absolute atomic E-state index is 0.508. The maximum Gasteiger partial charge on any atom is 0.137 e. The predicted octanol–water partition coefficient (Wildman–Crippen LogP) is 3.23. The number of fused-ring (bicyclic) bond motifs is 1. The molecule has 1 atom stereocenters. The molecular formula is C17H19N3. The molecule has 1 unspecified atom stereocenters. The van der Waals surface area contributed by atoms with Gasteiger partial charge in [-0.05, 0) is 23.6 Å². The highest BCUT2D eigenvalue weighted by atomic mass is 15.0. The lowest BCUT2D eigenvalue weighted by Crippen LogP contribution is -2.19. The van der Waals surface area contributed by atoms with Crippen molar-refractivity contribution in [3.05, 3.63) is 72.2 Å². The standard InChI is InChI=1S/C17H19N3/c1-14(15-7-3-2-4-8-15)11-18-12-16-13-20-10-6-5-9-17(20)19-16/h2-10,13-14,18H,11-12H2,1H3. The van der Waals surface area contributed by atoms with Crippen LogP contribution in [0.2, 0.25) is 0 Å². The number of benzene rings is 1. The van der Waals surface area contributed by atoms with Gasteiger partial charge in [0, 0.05) is 25.5 Å². The fraction of sp³-hybridized carbons (Fsp3) is 0.235. The van der Waals surface area contributed by atoms with Crippen LogP contribution in [0.5, 0.6) is 0 Å². The van der Waals surface area contributed by atoms with Gasteiger partial charge in [0.15, 0.2) is 0 Å². The molecule has 0 amide bonds. The van der Waals surface area contributed by atoms with Crippen molar-refractivity contribution in [2.24, 2.45) is 0 Å². The van der Waals surface area contributed by atoms with E-state index in [0.29, 0.717) is 5.92 Å². The zero-order valence-corrected chi connectivity index (χ0v) is 11.7. The molecule has 3 nitrogen and oxygen atoms in total. The van der Waals surface area contributed by atoms with Gasteiger partial charge in [0.2, 0.25) is 0 Å². The summed E-state index contributed by atoms with van der Waals surface area (Å²) in [5.74, 6) is 0.508. The minimum atomic E-state index is 0.508. The molecule has 0 fully saturated rings. The summed E-state index contributed by atoms with van der Waals surface area (Å²) in [6.45, 7) is 4.00. The van der Waals surface area contributed by atoms with Crippen molar-refractivity contribution < 1.29 is 0 Å². The normalized spacial score (nSPS) is 12.7. The molecular weight excluding hydrogens is 246 g/mol. The van der Waals surface area contributed by atoms with E-state index in [1.807, 2.05) is 24.4 Å². The SMILES string of the molecule is CC(CNCc1cn2ccccc2n1)c1ccccc1. The van der Waals surface area contributed by atoms with Crippen LogP contribution in [0.4, 0.5) is 0 Å². The Morgan fingerprint density at radius 3 is 2.70 bits per heavy atom. The van der Waals surface area contributed by atoms with Gasteiger partial charge in [-0.1, -0.05) is 43.3 Å². The lowest BCUT2D eigenvalue weighted by Gasteiger charge is -2.12. The average Bonchev–Trinajstić information content (AvgIpc) is 2.90. The second-order valence-electron chi connectivity index (χ2n) is 5.14. The molecule has 3 rings (SSSR count). The second-order valence-corrected chi connectivity index (χ2v) is 5.14. The Kier molecular flexibility index (Phi) is 3.79. The summed E-state index contributed by atoms with van der Waals surface area (Å²) in [7, 11) is 0. The summed E-state index contributed by atoms with van der Waals surface area (Å²) in [5.41, 5.74) is 3.45. The minimum Gasteiger partial charge on any atom is -0.311 e. The molecule has 0 aliphatic rings. The Morgan fingerprint density at radius 1 is 1.10 bits per heavy atom. The zero-order chi connectivity index (χ0) is 13.8. The molecule has 2 heterocycles. The van der Waals surface area contributed by atoms with Crippen molar-refractivity contribution in [2.75, 3.05) is 6.54 Å². The highest BCUT2D eigenvalue weighted by molar-refractivity contribution is 5.39. The van der Waals surface area contributed by atoms with Crippen LogP contribution in [0.15, 0.2) is 60.9 Å². The Bertz CT molecular complexity index is 640. The number of pyridine rings is 1. The van der Waals surface area contributed by atoms with Crippen molar-refractivity contribution >= 4 is 5.65 Å². The molecule has 3 aromatic rings. The molecule has 0 radical (unpaired) electrons. The fourth-order valence-electron chi connectivity index (χ4n) is 2.39. The first-order valence-electron chi connectivity index (χ1n) is 7.01. The molecule has 0 spiro atoms. The van der Waals surface area contributed by atoms with E-state index in [-0.39, 0.29) is 0 Å². The Morgan fingerprint density at radius 2 is 1.90 bits per heavy atom. The van der Waals surface area contributed by atoms with Crippen molar-refractivity contribution in [1.29, 1.82) is 0 Å². The zero-order valence-electron chi connectivity index (χ0n) is 11.7. The van der Waals surface area contributed by atoms with Crippen LogP contribution in [0.1, 0.15) is 24.1 Å². The smallest absolute Gasteiger partial charge is 0.137 e. The van der Waals surface area contributed by atoms with E-state index in [4.69, 9.17) is 0 Å². The van der Waals surface area contributed by atoms with E-state index in [2.05, 4.69) is 58.2 Å². The average molecular weight is 265 g/mol. The first-order valence-corrected chi connectivity index (χ1v) is 7.01. The number of nitrogens with one attached hydrogen (secondary N) is 1. The van der Waals surface area contributed by atoms with Crippen molar-refractivity contribution in [1.82, 2.24) is 14.7 Å². The number of hydrogen-bond donors (Lipinski definition) is 1. The van der Waals surface area contributed by atoms with Crippen molar-refractivity contribution in [3.63, 3.8) is 0 Å². The number of hydrogen-bond acceptors (Lipinski definition) is 2. The molecule has 0 aliphatic carbocycles. The maximum atomic E-state index is 4.58. The van der Waals surface area contributed by atoms with Crippen molar-refractivity contribution in [3.8, 4) is 0 Å². The summed E-state index contributed by atoms with van der Waals surface area (Å²) in [6.07, 6.45) is 4.11. The van der Waals surface area contributed by atoms with Crippen LogP contribution in [0.3, 0.4) is 0 Å². The predicted molar refractivity (Wildman–Crippen MR) is 81.8 cm³/mol. The van der Waals surface area contributed by atoms with E-state index in [1.165, 1.54) is 5.56 Å². The highest BCUT2D eigenvalue weighted by Crippen LogP contribution is 2.13. The lowest BCUT2D eigenvalue weighted by molar-refractivity contribution is 0.610. The van der Waals surface area contributed by atoms with Gasteiger partial charge in [-0.25, -0.2) is 4.98 Å². The Hall–Kier alpha value is -2.13. The van der Waals surface area contributed by atoms with Crippen LogP contribution in [-0.4, -0.2) is 15.9 Å². The van der Waals surface area contributed by atoms with Gasteiger partial charge in [0.1, 0.15) is 5.65 Å². The Balaban J connectivity index is 1.57. The molecule has 0 saturated carbocycles. The molecule has 102 valence electrons. The summed E-state index contributed by atoms with van der Waals surface area (Å²) in [6, 6.07) is 16.6. The van der Waals surface area contributed by atoms with E-state index < -0.39 is 0 Å². The topological polar surface area (TPSA) is 29.3 Å². The maximum absolute atomic E-state index is 4.58. The van der Waals surface area contributed by atoms with Gasteiger partial charge >= 0.3 is 0 Å². The van der Waals surface area contributed by atoms with Crippen LogP contribution < -0.4 is 5.32 Å². The van der Waals surface area contributed by atoms with Crippen LogP contribution in [0.25, 0.3) is 5.65 Å². The van der Waals surface area contributed by atoms with E-state index in [9.17, 15) is 0 Å². The number of imidazole rings is 1. The second kappa shape index (κ2) is 5.88. The quantitative estimate of drug-likeness (QED) is 0.767.